The van der Waals surface area contributed by atoms with Crippen molar-refractivity contribution in [1.29, 1.82) is 0 Å². The summed E-state index contributed by atoms with van der Waals surface area (Å²) in [7, 11) is 0. The lowest BCUT2D eigenvalue weighted by Gasteiger charge is -2.39. The number of nitrogens with one attached hydrogen (secondary N) is 2. The van der Waals surface area contributed by atoms with Crippen LogP contribution in [0.3, 0.4) is 0 Å². The van der Waals surface area contributed by atoms with Gasteiger partial charge in [0.25, 0.3) is 0 Å². The van der Waals surface area contributed by atoms with E-state index >= 15 is 0 Å². The van der Waals surface area contributed by atoms with Gasteiger partial charge in [-0.2, -0.15) is 0 Å². The van der Waals surface area contributed by atoms with Crippen LogP contribution in [0.25, 0.3) is 0 Å². The number of carbonyl (C=O) groups is 1. The number of aryl methyl sites for hydroxylation is 2. The normalized spacial score (nSPS) is 28.2. The molecule has 1 aliphatic heterocycles. The van der Waals surface area contributed by atoms with E-state index in [9.17, 15) is 4.79 Å². The molecule has 0 radical (unpaired) electrons. The highest BCUT2D eigenvalue weighted by molar-refractivity contribution is 5.85. The summed E-state index contributed by atoms with van der Waals surface area (Å²) in [6, 6.07) is 7.08. The first-order chi connectivity index (χ1) is 11.8. The van der Waals surface area contributed by atoms with E-state index in [1.54, 1.807) is 0 Å². The molecule has 3 aliphatic rings. The summed E-state index contributed by atoms with van der Waals surface area (Å²) in [6.45, 7) is 2.36. The third kappa shape index (κ3) is 4.36. The number of halogens is 1. The van der Waals surface area contributed by atoms with Crippen molar-refractivity contribution in [3.05, 3.63) is 34.9 Å². The Kier molecular flexibility index (Phi) is 6.37. The van der Waals surface area contributed by atoms with Crippen LogP contribution in [0.5, 0.6) is 0 Å². The van der Waals surface area contributed by atoms with Gasteiger partial charge in [-0.05, 0) is 61.6 Å². The second-order valence-electron chi connectivity index (χ2n) is 7.51. The number of hydrogen-bond acceptors (Lipinski definition) is 3. The SMILES string of the molecule is Cl.O=C(NCc1ccc2c(c1)CCCC2)[C@H]1CC[C@H]2OCCN[C@@H]2C1. The van der Waals surface area contributed by atoms with Crippen LogP contribution in [0.4, 0.5) is 0 Å². The molecule has 5 heteroatoms. The van der Waals surface area contributed by atoms with Gasteiger partial charge >= 0.3 is 0 Å². The molecule has 0 aromatic heterocycles. The first kappa shape index (κ1) is 18.7. The number of ether oxygens (including phenoxy) is 1. The molecule has 2 aliphatic carbocycles. The number of rotatable bonds is 3. The molecular weight excluding hydrogens is 336 g/mol. The Labute approximate surface area is 156 Å². The molecule has 1 saturated carbocycles. The van der Waals surface area contributed by atoms with Gasteiger partial charge in [-0.1, -0.05) is 18.2 Å². The molecule has 3 atom stereocenters. The fourth-order valence-electron chi connectivity index (χ4n) is 4.48. The standard InChI is InChI=1S/C20H28N2O2.ClH/c23-20(17-7-8-19-18(12-17)21-9-10-24-19)22-13-14-5-6-15-3-1-2-4-16(15)11-14;/h5-6,11,17-19,21H,1-4,7-10,12-13H2,(H,22,23);1H/t17-,18+,19+;/m0./s1. The highest BCUT2D eigenvalue weighted by atomic mass is 35.5. The van der Waals surface area contributed by atoms with Gasteiger partial charge in [-0.15, -0.1) is 12.4 Å². The molecule has 1 aromatic rings. The first-order valence-corrected chi connectivity index (χ1v) is 9.53. The van der Waals surface area contributed by atoms with Crippen LogP contribution < -0.4 is 10.6 Å². The second kappa shape index (κ2) is 8.52. The summed E-state index contributed by atoms with van der Waals surface area (Å²) in [5.74, 6) is 0.330. The summed E-state index contributed by atoms with van der Waals surface area (Å²) in [4.78, 5) is 12.6. The van der Waals surface area contributed by atoms with Gasteiger partial charge in [0.1, 0.15) is 0 Å². The summed E-state index contributed by atoms with van der Waals surface area (Å²) in [6.07, 6.45) is 8.15. The maximum absolute atomic E-state index is 12.6. The fourth-order valence-corrected chi connectivity index (χ4v) is 4.48. The largest absolute Gasteiger partial charge is 0.375 e. The third-order valence-electron chi connectivity index (χ3n) is 5.88. The van der Waals surface area contributed by atoms with Gasteiger partial charge in [0, 0.05) is 25.0 Å². The molecule has 0 bridgehead atoms. The van der Waals surface area contributed by atoms with Crippen LogP contribution in [0.1, 0.15) is 48.8 Å². The van der Waals surface area contributed by atoms with Gasteiger partial charge < -0.3 is 15.4 Å². The minimum Gasteiger partial charge on any atom is -0.375 e. The highest BCUT2D eigenvalue weighted by Crippen LogP contribution is 2.28. The molecule has 0 unspecified atom stereocenters. The third-order valence-corrected chi connectivity index (χ3v) is 5.88. The molecule has 1 amide bonds. The summed E-state index contributed by atoms with van der Waals surface area (Å²) in [5, 5.41) is 6.67. The summed E-state index contributed by atoms with van der Waals surface area (Å²) in [5.41, 5.74) is 4.21. The maximum Gasteiger partial charge on any atom is 0.223 e. The molecule has 0 spiro atoms. The van der Waals surface area contributed by atoms with E-state index < -0.39 is 0 Å². The number of amides is 1. The van der Waals surface area contributed by atoms with Crippen molar-refractivity contribution in [2.45, 2.75) is 63.6 Å². The van der Waals surface area contributed by atoms with E-state index in [0.717, 1.165) is 32.4 Å². The van der Waals surface area contributed by atoms with Crippen LogP contribution in [0.2, 0.25) is 0 Å². The number of hydrogen-bond donors (Lipinski definition) is 2. The summed E-state index contributed by atoms with van der Waals surface area (Å²) >= 11 is 0. The molecule has 1 heterocycles. The molecule has 1 aromatic carbocycles. The second-order valence-corrected chi connectivity index (χ2v) is 7.51. The van der Waals surface area contributed by atoms with E-state index in [2.05, 4.69) is 28.8 Å². The lowest BCUT2D eigenvalue weighted by atomic mass is 9.82. The van der Waals surface area contributed by atoms with Crippen molar-refractivity contribution in [2.75, 3.05) is 13.2 Å². The highest BCUT2D eigenvalue weighted by Gasteiger charge is 2.35. The molecule has 2 fully saturated rings. The van der Waals surface area contributed by atoms with Crippen molar-refractivity contribution in [2.24, 2.45) is 5.92 Å². The Bertz CT molecular complexity index is 607. The van der Waals surface area contributed by atoms with Crippen LogP contribution in [0, 0.1) is 5.92 Å². The van der Waals surface area contributed by atoms with Crippen LogP contribution in [0.15, 0.2) is 18.2 Å². The zero-order valence-corrected chi connectivity index (χ0v) is 15.6. The van der Waals surface area contributed by atoms with E-state index in [1.807, 2.05) is 0 Å². The van der Waals surface area contributed by atoms with Crippen molar-refractivity contribution in [3.63, 3.8) is 0 Å². The van der Waals surface area contributed by atoms with Crippen LogP contribution >= 0.6 is 12.4 Å². The van der Waals surface area contributed by atoms with Gasteiger partial charge in [0.2, 0.25) is 5.91 Å². The zero-order chi connectivity index (χ0) is 16.4. The van der Waals surface area contributed by atoms with E-state index in [0.29, 0.717) is 18.7 Å². The lowest BCUT2D eigenvalue weighted by Crippen LogP contribution is -2.53. The lowest BCUT2D eigenvalue weighted by molar-refractivity contribution is -0.128. The topological polar surface area (TPSA) is 50.4 Å². The molecule has 1 saturated heterocycles. The molecular formula is C20H29ClN2O2. The van der Waals surface area contributed by atoms with E-state index in [-0.39, 0.29) is 24.2 Å². The Morgan fingerprint density at radius 1 is 1.20 bits per heavy atom. The van der Waals surface area contributed by atoms with Crippen molar-refractivity contribution >= 4 is 18.3 Å². The van der Waals surface area contributed by atoms with Crippen LogP contribution in [-0.2, 0) is 28.9 Å². The smallest absolute Gasteiger partial charge is 0.223 e. The Morgan fingerprint density at radius 3 is 2.92 bits per heavy atom. The molecule has 4 rings (SSSR count). The Balaban J connectivity index is 0.00000182. The monoisotopic (exact) mass is 364 g/mol. The first-order valence-electron chi connectivity index (χ1n) is 9.53. The number of fused-ring (bicyclic) bond motifs is 2. The molecule has 2 N–H and O–H groups in total. The zero-order valence-electron chi connectivity index (χ0n) is 14.8. The average Bonchev–Trinajstić information content (AvgIpc) is 2.65. The van der Waals surface area contributed by atoms with Crippen molar-refractivity contribution in [3.8, 4) is 0 Å². The predicted molar refractivity (Wildman–Crippen MR) is 101 cm³/mol. The predicted octanol–water partition coefficient (Wildman–Crippen LogP) is 2.76. The maximum atomic E-state index is 12.6. The quantitative estimate of drug-likeness (QED) is 0.867. The van der Waals surface area contributed by atoms with Gasteiger partial charge in [0.05, 0.1) is 12.7 Å². The number of morpholine rings is 1. The van der Waals surface area contributed by atoms with E-state index in [4.69, 9.17) is 4.74 Å². The van der Waals surface area contributed by atoms with E-state index in [1.165, 1.54) is 42.4 Å². The average molecular weight is 365 g/mol. The van der Waals surface area contributed by atoms with Gasteiger partial charge in [0.15, 0.2) is 0 Å². The molecule has 25 heavy (non-hydrogen) atoms. The molecule has 138 valence electrons. The minimum atomic E-state index is 0. The van der Waals surface area contributed by atoms with Crippen LogP contribution in [-0.4, -0.2) is 31.2 Å². The van der Waals surface area contributed by atoms with Gasteiger partial charge in [-0.3, -0.25) is 4.79 Å². The Morgan fingerprint density at radius 2 is 2.04 bits per heavy atom. The van der Waals surface area contributed by atoms with Gasteiger partial charge in [-0.25, -0.2) is 0 Å². The fraction of sp³-hybridized carbons (Fsp3) is 0.650. The Hall–Kier alpha value is -1.10. The molecule has 4 nitrogen and oxygen atoms in total. The number of carbonyl (C=O) groups excluding carboxylic acids is 1. The minimum absolute atomic E-state index is 0. The van der Waals surface area contributed by atoms with Crippen molar-refractivity contribution in [1.82, 2.24) is 10.6 Å². The summed E-state index contributed by atoms with van der Waals surface area (Å²) < 4.78 is 5.80. The number of benzene rings is 1. The van der Waals surface area contributed by atoms with Crippen molar-refractivity contribution < 1.29 is 9.53 Å².